The third kappa shape index (κ3) is 4.24. The van der Waals surface area contributed by atoms with Crippen molar-refractivity contribution in [2.45, 2.75) is 25.1 Å². The first-order valence-electron chi connectivity index (χ1n) is 8.17. The Bertz CT molecular complexity index is 973. The fourth-order valence-electron chi connectivity index (χ4n) is 3.00. The van der Waals surface area contributed by atoms with Crippen molar-refractivity contribution in [1.29, 1.82) is 0 Å². The van der Waals surface area contributed by atoms with Crippen LogP contribution in [0.1, 0.15) is 29.3 Å². The maximum atomic E-state index is 13.7. The first kappa shape index (κ1) is 18.8. The van der Waals surface area contributed by atoms with Crippen LogP contribution >= 0.6 is 0 Å². The number of carbonyl (C=O) groups is 1. The van der Waals surface area contributed by atoms with Gasteiger partial charge in [-0.2, -0.15) is 13.2 Å². The van der Waals surface area contributed by atoms with Crippen molar-refractivity contribution in [1.82, 2.24) is 10.3 Å². The molecule has 0 aliphatic rings. The highest BCUT2D eigenvalue weighted by molar-refractivity contribution is 5.97. The summed E-state index contributed by atoms with van der Waals surface area (Å²) in [4.78, 5) is 16.6. The van der Waals surface area contributed by atoms with Crippen molar-refractivity contribution < 1.29 is 22.4 Å². The van der Waals surface area contributed by atoms with Crippen LogP contribution in [0.4, 0.5) is 17.6 Å². The third-order valence-corrected chi connectivity index (χ3v) is 4.28. The summed E-state index contributed by atoms with van der Waals surface area (Å²) in [7, 11) is 0. The number of aromatic nitrogens is 1. The van der Waals surface area contributed by atoms with E-state index in [1.807, 2.05) is 0 Å². The number of pyridine rings is 1. The van der Waals surface area contributed by atoms with Gasteiger partial charge in [0.1, 0.15) is 11.3 Å². The van der Waals surface area contributed by atoms with Crippen LogP contribution < -0.4 is 5.32 Å². The van der Waals surface area contributed by atoms with Crippen molar-refractivity contribution in [3.8, 4) is 0 Å². The van der Waals surface area contributed by atoms with Crippen LogP contribution in [0.15, 0.2) is 60.8 Å². The van der Waals surface area contributed by atoms with Crippen LogP contribution in [-0.4, -0.2) is 17.1 Å². The van der Waals surface area contributed by atoms with E-state index in [1.54, 1.807) is 24.3 Å². The summed E-state index contributed by atoms with van der Waals surface area (Å²) in [5.41, 5.74) is -1.18. The predicted molar refractivity (Wildman–Crippen MR) is 93.6 cm³/mol. The summed E-state index contributed by atoms with van der Waals surface area (Å²) >= 11 is 0. The Morgan fingerprint density at radius 2 is 1.78 bits per heavy atom. The topological polar surface area (TPSA) is 42.0 Å². The van der Waals surface area contributed by atoms with E-state index in [4.69, 9.17) is 0 Å². The number of rotatable bonds is 4. The van der Waals surface area contributed by atoms with E-state index in [1.165, 1.54) is 37.3 Å². The minimum absolute atomic E-state index is 0.0532. The zero-order valence-electron chi connectivity index (χ0n) is 14.3. The molecule has 0 aliphatic carbocycles. The Labute approximate surface area is 153 Å². The molecule has 0 saturated heterocycles. The Morgan fingerprint density at radius 1 is 1.07 bits per heavy atom. The summed E-state index contributed by atoms with van der Waals surface area (Å²) in [5, 5.41) is 2.86. The van der Waals surface area contributed by atoms with Gasteiger partial charge in [0.2, 0.25) is 0 Å². The van der Waals surface area contributed by atoms with E-state index in [9.17, 15) is 22.4 Å². The van der Waals surface area contributed by atoms with Gasteiger partial charge in [-0.15, -0.1) is 0 Å². The number of carbonyl (C=O) groups excluding carboxylic acids is 1. The molecule has 27 heavy (non-hydrogen) atoms. The molecule has 1 aromatic heterocycles. The molecule has 3 rings (SSSR count). The zero-order valence-corrected chi connectivity index (χ0v) is 14.3. The molecule has 140 valence electrons. The van der Waals surface area contributed by atoms with E-state index < -0.39 is 29.9 Å². The molecule has 0 saturated carbocycles. The molecule has 1 atom stereocenters. The van der Waals surface area contributed by atoms with Gasteiger partial charge in [0.05, 0.1) is 17.5 Å². The number of halogens is 4. The first-order valence-corrected chi connectivity index (χ1v) is 8.17. The molecule has 0 spiro atoms. The quantitative estimate of drug-likeness (QED) is 0.653. The smallest absolute Gasteiger partial charge is 0.342 e. The number of alkyl halides is 3. The summed E-state index contributed by atoms with van der Waals surface area (Å²) < 4.78 is 53.1. The van der Waals surface area contributed by atoms with Crippen LogP contribution in [0.5, 0.6) is 0 Å². The number of amides is 1. The van der Waals surface area contributed by atoms with Gasteiger partial charge in [-0.05, 0) is 24.6 Å². The lowest BCUT2D eigenvalue weighted by atomic mass is 9.88. The molecular formula is C20H16F4N2O. The van der Waals surface area contributed by atoms with Gasteiger partial charge in [-0.1, -0.05) is 42.5 Å². The Hall–Kier alpha value is -2.96. The zero-order chi connectivity index (χ0) is 19.7. The van der Waals surface area contributed by atoms with Crippen LogP contribution in [0.3, 0.4) is 0 Å². The van der Waals surface area contributed by atoms with Crippen molar-refractivity contribution in [2.24, 2.45) is 0 Å². The normalized spacial score (nSPS) is 14.0. The minimum Gasteiger partial charge on any atom is -0.342 e. The summed E-state index contributed by atoms with van der Waals surface area (Å²) in [6.45, 7) is 1.32. The van der Waals surface area contributed by atoms with Crippen LogP contribution in [-0.2, 0) is 5.54 Å². The molecule has 0 fully saturated rings. The monoisotopic (exact) mass is 376 g/mol. The second-order valence-corrected chi connectivity index (χ2v) is 6.48. The molecule has 3 aromatic rings. The summed E-state index contributed by atoms with van der Waals surface area (Å²) in [6.07, 6.45) is -4.56. The highest BCUT2D eigenvalue weighted by atomic mass is 19.4. The molecule has 2 aromatic carbocycles. The molecule has 7 heteroatoms. The molecule has 1 heterocycles. The minimum atomic E-state index is -4.48. The maximum absolute atomic E-state index is 13.7. The van der Waals surface area contributed by atoms with E-state index >= 15 is 0 Å². The average molecular weight is 376 g/mol. The second-order valence-electron chi connectivity index (χ2n) is 6.48. The van der Waals surface area contributed by atoms with Crippen molar-refractivity contribution in [3.63, 3.8) is 0 Å². The van der Waals surface area contributed by atoms with Gasteiger partial charge >= 0.3 is 6.18 Å². The molecule has 1 N–H and O–H groups in total. The molecular weight excluding hydrogens is 360 g/mol. The third-order valence-electron chi connectivity index (χ3n) is 4.28. The van der Waals surface area contributed by atoms with E-state index in [2.05, 4.69) is 10.3 Å². The van der Waals surface area contributed by atoms with Crippen LogP contribution in [0.25, 0.3) is 10.9 Å². The molecule has 0 aliphatic heterocycles. The average Bonchev–Trinajstić information content (AvgIpc) is 2.61. The number of nitrogens with one attached hydrogen (secondary N) is 1. The SMILES string of the molecule is CC(CC(F)(F)F)(NC(=O)c1cnc2c(F)cccc2c1)c1ccccc1. The standard InChI is InChI=1S/C20H16F4N2O/c1-19(12-20(22,23)24,15-7-3-2-4-8-15)26-18(27)14-10-13-6-5-9-16(21)17(13)25-11-14/h2-11H,12H2,1H3,(H,26,27). The van der Waals surface area contributed by atoms with Crippen molar-refractivity contribution in [3.05, 3.63) is 77.7 Å². The fourth-order valence-corrected chi connectivity index (χ4v) is 3.00. The lowest BCUT2D eigenvalue weighted by Gasteiger charge is -2.32. The van der Waals surface area contributed by atoms with Crippen LogP contribution in [0, 0.1) is 5.82 Å². The van der Waals surface area contributed by atoms with Crippen LogP contribution in [0.2, 0.25) is 0 Å². The maximum Gasteiger partial charge on any atom is 0.391 e. The Kier molecular flexibility index (Phi) is 4.87. The van der Waals surface area contributed by atoms with Gasteiger partial charge < -0.3 is 5.32 Å². The first-order chi connectivity index (χ1) is 12.7. The van der Waals surface area contributed by atoms with E-state index in [-0.39, 0.29) is 11.1 Å². The predicted octanol–water partition coefficient (Wildman–Crippen LogP) is 4.97. The highest BCUT2D eigenvalue weighted by Crippen LogP contribution is 2.34. The largest absolute Gasteiger partial charge is 0.391 e. The number of nitrogens with zero attached hydrogens (tertiary/aromatic N) is 1. The molecule has 0 radical (unpaired) electrons. The lowest BCUT2D eigenvalue weighted by molar-refractivity contribution is -0.148. The summed E-state index contributed by atoms with van der Waals surface area (Å²) in [6, 6.07) is 13.6. The van der Waals surface area contributed by atoms with Crippen molar-refractivity contribution >= 4 is 16.8 Å². The number of para-hydroxylation sites is 1. The summed E-state index contributed by atoms with van der Waals surface area (Å²) in [5.74, 6) is -1.25. The van der Waals surface area contributed by atoms with Gasteiger partial charge in [-0.25, -0.2) is 4.39 Å². The van der Waals surface area contributed by atoms with Gasteiger partial charge in [0.25, 0.3) is 5.91 Å². The fraction of sp³-hybridized carbons (Fsp3) is 0.200. The number of hydrogen-bond acceptors (Lipinski definition) is 2. The molecule has 3 nitrogen and oxygen atoms in total. The highest BCUT2D eigenvalue weighted by Gasteiger charge is 2.41. The Morgan fingerprint density at radius 3 is 2.44 bits per heavy atom. The molecule has 0 bridgehead atoms. The van der Waals surface area contributed by atoms with Crippen molar-refractivity contribution in [2.75, 3.05) is 0 Å². The Balaban J connectivity index is 1.95. The van der Waals surface area contributed by atoms with Gasteiger partial charge in [0, 0.05) is 11.6 Å². The molecule has 1 amide bonds. The number of hydrogen-bond donors (Lipinski definition) is 1. The second kappa shape index (κ2) is 6.98. The lowest BCUT2D eigenvalue weighted by Crippen LogP contribution is -2.46. The number of fused-ring (bicyclic) bond motifs is 1. The van der Waals surface area contributed by atoms with Gasteiger partial charge in [-0.3, -0.25) is 9.78 Å². The molecule has 1 unspecified atom stereocenters. The van der Waals surface area contributed by atoms with E-state index in [0.717, 1.165) is 6.20 Å². The van der Waals surface area contributed by atoms with E-state index in [0.29, 0.717) is 10.9 Å². The van der Waals surface area contributed by atoms with Gasteiger partial charge in [0.15, 0.2) is 0 Å². The number of benzene rings is 2.